The molecule has 1 heterocycles. The Morgan fingerprint density at radius 3 is 2.00 bits per heavy atom. The number of benzene rings is 2. The predicted octanol–water partition coefficient (Wildman–Crippen LogP) is 0.406. The van der Waals surface area contributed by atoms with Crippen LogP contribution < -0.4 is 33.3 Å². The lowest BCUT2D eigenvalue weighted by molar-refractivity contribution is -0.657. The Morgan fingerprint density at radius 1 is 0.893 bits per heavy atom. The summed E-state index contributed by atoms with van der Waals surface area (Å²) < 4.78 is 3.85. The first-order valence-electron chi connectivity index (χ1n) is 8.60. The lowest BCUT2D eigenvalue weighted by atomic mass is 10.2. The van der Waals surface area contributed by atoms with Crippen LogP contribution in [0.2, 0.25) is 0 Å². The van der Waals surface area contributed by atoms with Crippen LogP contribution in [0.15, 0.2) is 71.2 Å². The van der Waals surface area contributed by atoms with Gasteiger partial charge in [-0.05, 0) is 48.5 Å². The molecule has 2 aromatic carbocycles. The maximum absolute atomic E-state index is 4.30. The zero-order valence-electron chi connectivity index (χ0n) is 16.4. The molecular weight excluding hydrogens is 376 g/mol. The molecule has 0 amide bonds. The predicted molar refractivity (Wildman–Crippen MR) is 107 cm³/mol. The lowest BCUT2D eigenvalue weighted by Crippen LogP contribution is -3.00. The quantitative estimate of drug-likeness (QED) is 0.305. The van der Waals surface area contributed by atoms with Crippen LogP contribution in [-0.4, -0.2) is 23.7 Å². The van der Waals surface area contributed by atoms with Crippen LogP contribution in [0.1, 0.15) is 0 Å². The molecule has 0 unspecified atom stereocenters. The van der Waals surface area contributed by atoms with Crippen LogP contribution in [0.25, 0.3) is 0 Å². The highest BCUT2D eigenvalue weighted by molar-refractivity contribution is 5.63. The Morgan fingerprint density at radius 2 is 1.46 bits per heavy atom. The van der Waals surface area contributed by atoms with Crippen LogP contribution in [0.4, 0.5) is 28.7 Å². The molecule has 0 aliphatic heterocycles. The first kappa shape index (κ1) is 21.4. The normalized spacial score (nSPS) is 10.9. The van der Waals surface area contributed by atoms with E-state index in [4.69, 9.17) is 0 Å². The molecule has 0 radical (unpaired) electrons. The van der Waals surface area contributed by atoms with E-state index in [0.29, 0.717) is 0 Å². The van der Waals surface area contributed by atoms with Crippen molar-refractivity contribution in [1.82, 2.24) is 15.1 Å². The minimum atomic E-state index is 0. The molecule has 3 aromatic rings. The number of nitrogens with one attached hydrogen (secondary N) is 3. The van der Waals surface area contributed by atoms with Gasteiger partial charge in [0.15, 0.2) is 0 Å². The average molecular weight is 401 g/mol. The van der Waals surface area contributed by atoms with Gasteiger partial charge < -0.3 is 23.1 Å². The first-order chi connectivity index (χ1) is 13.0. The van der Waals surface area contributed by atoms with Crippen LogP contribution in [-0.2, 0) is 14.1 Å². The molecule has 1 aromatic heterocycles. The van der Waals surface area contributed by atoms with Crippen molar-refractivity contribution >= 4 is 28.7 Å². The van der Waals surface area contributed by atoms with Gasteiger partial charge in [0, 0.05) is 30.6 Å². The summed E-state index contributed by atoms with van der Waals surface area (Å²) in [6.45, 7) is 0. The van der Waals surface area contributed by atoms with E-state index in [1.54, 1.807) is 0 Å². The van der Waals surface area contributed by atoms with Crippen molar-refractivity contribution in [3.63, 3.8) is 0 Å². The molecule has 9 heteroatoms. The molecule has 0 atom stereocenters. The fraction of sp³-hybridized carbons (Fsp3) is 0.211. The van der Waals surface area contributed by atoms with Crippen molar-refractivity contribution in [2.24, 2.45) is 24.3 Å². The third-order valence-corrected chi connectivity index (χ3v) is 3.86. The Bertz CT molecular complexity index is 881. The Balaban J connectivity index is 0.00000280. The molecule has 148 valence electrons. The molecule has 0 saturated heterocycles. The van der Waals surface area contributed by atoms with Crippen LogP contribution in [0.5, 0.6) is 0 Å². The second-order valence-electron chi connectivity index (χ2n) is 6.40. The van der Waals surface area contributed by atoms with Gasteiger partial charge in [0.2, 0.25) is 0 Å². The third kappa shape index (κ3) is 5.78. The van der Waals surface area contributed by atoms with Gasteiger partial charge in [-0.3, -0.25) is 0 Å². The summed E-state index contributed by atoms with van der Waals surface area (Å²) in [7, 11) is 7.73. The molecule has 0 bridgehead atoms. The molecular formula is C19H25ClN8. The highest BCUT2D eigenvalue weighted by atomic mass is 35.5. The second kappa shape index (κ2) is 9.84. The average Bonchev–Trinajstić information content (AvgIpc) is 2.98. The van der Waals surface area contributed by atoms with Gasteiger partial charge in [0.25, 0.3) is 0 Å². The van der Waals surface area contributed by atoms with Crippen molar-refractivity contribution in [2.75, 3.05) is 24.8 Å². The number of hydrogen-bond donors (Lipinski definition) is 3. The summed E-state index contributed by atoms with van der Waals surface area (Å²) in [6, 6.07) is 15.9. The van der Waals surface area contributed by atoms with Gasteiger partial charge in [-0.25, -0.2) is 14.1 Å². The number of imidazole rings is 1. The van der Waals surface area contributed by atoms with E-state index >= 15 is 0 Å². The zero-order valence-corrected chi connectivity index (χ0v) is 17.1. The highest BCUT2D eigenvalue weighted by Crippen LogP contribution is 2.22. The number of aromatic nitrogens is 2. The topological polar surface area (TPSA) is 72.9 Å². The third-order valence-electron chi connectivity index (χ3n) is 3.86. The van der Waals surface area contributed by atoms with E-state index in [9.17, 15) is 0 Å². The van der Waals surface area contributed by atoms with E-state index in [0.717, 1.165) is 28.7 Å². The van der Waals surface area contributed by atoms with E-state index in [1.807, 2.05) is 103 Å². The molecule has 0 fully saturated rings. The van der Waals surface area contributed by atoms with Gasteiger partial charge in [0.05, 0.1) is 32.2 Å². The number of nitrogens with zero attached hydrogens (tertiary/aromatic N) is 5. The summed E-state index contributed by atoms with van der Waals surface area (Å²) in [5, 5.41) is 13.8. The molecule has 3 N–H and O–H groups in total. The van der Waals surface area contributed by atoms with Crippen molar-refractivity contribution in [3.05, 3.63) is 60.9 Å². The van der Waals surface area contributed by atoms with Gasteiger partial charge in [-0.2, -0.15) is 5.53 Å². The van der Waals surface area contributed by atoms with Gasteiger partial charge >= 0.3 is 5.95 Å². The molecule has 3 rings (SSSR count). The number of hydrazine groups is 2. The van der Waals surface area contributed by atoms with Gasteiger partial charge in [-0.15, -0.1) is 0 Å². The Kier molecular flexibility index (Phi) is 7.51. The Hall–Kier alpha value is -2.94. The highest BCUT2D eigenvalue weighted by Gasteiger charge is 2.10. The maximum atomic E-state index is 4.30. The van der Waals surface area contributed by atoms with Crippen molar-refractivity contribution in [2.45, 2.75) is 0 Å². The zero-order chi connectivity index (χ0) is 19.2. The second-order valence-corrected chi connectivity index (χ2v) is 6.40. The number of hydrogen-bond acceptors (Lipinski definition) is 6. The SMILES string of the molecule is CN(C)NNc1ccc(Nc2ccc(N=Nc3n(C)cc[n+]3C)cc2)cc1.[Cl-]. The fourth-order valence-corrected chi connectivity index (χ4v) is 2.42. The molecule has 8 nitrogen and oxygen atoms in total. The number of aryl methyl sites for hydroxylation is 2. The van der Waals surface area contributed by atoms with Crippen molar-refractivity contribution < 1.29 is 17.0 Å². The maximum Gasteiger partial charge on any atom is 0.421 e. The minimum absolute atomic E-state index is 0. The molecule has 0 aliphatic carbocycles. The van der Waals surface area contributed by atoms with E-state index < -0.39 is 0 Å². The molecule has 0 spiro atoms. The standard InChI is InChI=1S/C19H24N8.ClH/c1-25(2)24-22-18-11-7-16(8-12-18)20-15-5-9-17(10-6-15)21-23-19-26(3)13-14-27(19)4;/h5-14H,1-4H3,(H2,20,21,22,24);1H. The molecule has 28 heavy (non-hydrogen) atoms. The van der Waals surface area contributed by atoms with Crippen molar-refractivity contribution in [3.8, 4) is 0 Å². The first-order valence-corrected chi connectivity index (χ1v) is 8.60. The smallest absolute Gasteiger partial charge is 0.421 e. The largest absolute Gasteiger partial charge is 1.00 e. The van der Waals surface area contributed by atoms with Gasteiger partial charge in [0.1, 0.15) is 5.69 Å². The number of azo groups is 1. The fourth-order valence-electron chi connectivity index (χ4n) is 2.42. The number of anilines is 3. The van der Waals surface area contributed by atoms with E-state index in [2.05, 4.69) is 26.5 Å². The summed E-state index contributed by atoms with van der Waals surface area (Å²) in [5.74, 6) is 0.787. The molecule has 0 saturated carbocycles. The summed E-state index contributed by atoms with van der Waals surface area (Å²) >= 11 is 0. The minimum Gasteiger partial charge on any atom is -1.00 e. The van der Waals surface area contributed by atoms with Crippen LogP contribution >= 0.6 is 0 Å². The van der Waals surface area contributed by atoms with Crippen LogP contribution in [0.3, 0.4) is 0 Å². The summed E-state index contributed by atoms with van der Waals surface area (Å²) in [5.41, 5.74) is 9.89. The van der Waals surface area contributed by atoms with Crippen LogP contribution in [0, 0.1) is 0 Å². The Labute approximate surface area is 171 Å². The van der Waals surface area contributed by atoms with E-state index in [1.165, 1.54) is 0 Å². The number of halogens is 1. The number of rotatable bonds is 7. The van der Waals surface area contributed by atoms with E-state index in [-0.39, 0.29) is 12.4 Å². The van der Waals surface area contributed by atoms with Gasteiger partial charge in [-0.1, -0.05) is 5.11 Å². The summed E-state index contributed by atoms with van der Waals surface area (Å²) in [4.78, 5) is 0. The van der Waals surface area contributed by atoms with Crippen molar-refractivity contribution in [1.29, 1.82) is 0 Å². The molecule has 0 aliphatic rings. The monoisotopic (exact) mass is 400 g/mol. The summed E-state index contributed by atoms with van der Waals surface area (Å²) in [6.07, 6.45) is 3.89. The lowest BCUT2D eigenvalue weighted by Gasteiger charge is -2.14.